The van der Waals surface area contributed by atoms with Crippen LogP contribution in [0, 0.1) is 10.1 Å². The molecule has 1 N–H and O–H groups in total. The maximum atomic E-state index is 11.8. The van der Waals surface area contributed by atoms with E-state index < -0.39 is 16.8 Å². The molecule has 7 nitrogen and oxygen atoms in total. The summed E-state index contributed by atoms with van der Waals surface area (Å²) in [6.07, 6.45) is 1.79. The Labute approximate surface area is 113 Å². The molecule has 1 amide bonds. The lowest BCUT2D eigenvalue weighted by Crippen LogP contribution is -2.30. The van der Waals surface area contributed by atoms with Gasteiger partial charge in [-0.2, -0.15) is 0 Å². The summed E-state index contributed by atoms with van der Waals surface area (Å²) in [6, 6.07) is 4.23. The first-order chi connectivity index (χ1) is 8.99. The van der Waals surface area contributed by atoms with Crippen LogP contribution in [0.4, 0.5) is 5.69 Å². The molecule has 19 heavy (non-hydrogen) atoms. The lowest BCUT2D eigenvalue weighted by atomic mass is 10.1. The van der Waals surface area contributed by atoms with Crippen molar-refractivity contribution in [2.45, 2.75) is 4.90 Å². The molecule has 1 rings (SSSR count). The van der Waals surface area contributed by atoms with Gasteiger partial charge in [0.15, 0.2) is 0 Å². The summed E-state index contributed by atoms with van der Waals surface area (Å²) >= 11 is 1.36. The summed E-state index contributed by atoms with van der Waals surface area (Å²) in [5, 5.41) is 13.1. The largest absolute Gasteiger partial charge is 0.468 e. The molecule has 0 radical (unpaired) electrons. The molecule has 1 aromatic rings. The van der Waals surface area contributed by atoms with Crippen molar-refractivity contribution in [3.63, 3.8) is 0 Å². The van der Waals surface area contributed by atoms with Crippen molar-refractivity contribution in [1.82, 2.24) is 5.32 Å². The van der Waals surface area contributed by atoms with Crippen LogP contribution in [-0.4, -0.2) is 36.7 Å². The maximum absolute atomic E-state index is 11.8. The van der Waals surface area contributed by atoms with E-state index in [0.717, 1.165) is 0 Å². The highest BCUT2D eigenvalue weighted by molar-refractivity contribution is 7.98. The SMILES string of the molecule is COC(=O)CNC(=O)c1cc(SC)ccc1[N+](=O)[O-]. The number of amides is 1. The number of nitrogens with zero attached hydrogens (tertiary/aromatic N) is 1. The molecule has 102 valence electrons. The molecule has 0 spiro atoms. The van der Waals surface area contributed by atoms with Gasteiger partial charge in [0.1, 0.15) is 12.1 Å². The van der Waals surface area contributed by atoms with Crippen LogP contribution in [-0.2, 0) is 9.53 Å². The van der Waals surface area contributed by atoms with Crippen molar-refractivity contribution in [1.29, 1.82) is 0 Å². The number of methoxy groups -OCH3 is 1. The molecular formula is C11H12N2O5S. The van der Waals surface area contributed by atoms with E-state index in [-0.39, 0.29) is 17.8 Å². The number of carbonyl (C=O) groups is 2. The number of nitro groups is 1. The number of carbonyl (C=O) groups excluding carboxylic acids is 2. The summed E-state index contributed by atoms with van der Waals surface area (Å²) in [4.78, 5) is 33.7. The maximum Gasteiger partial charge on any atom is 0.325 e. The zero-order chi connectivity index (χ0) is 14.4. The van der Waals surface area contributed by atoms with E-state index >= 15 is 0 Å². The molecule has 0 unspecified atom stereocenters. The summed E-state index contributed by atoms with van der Waals surface area (Å²) in [5.74, 6) is -1.31. The van der Waals surface area contributed by atoms with Crippen molar-refractivity contribution >= 4 is 29.3 Å². The van der Waals surface area contributed by atoms with Gasteiger partial charge in [-0.05, 0) is 18.4 Å². The molecule has 0 saturated carbocycles. The first-order valence-corrected chi connectivity index (χ1v) is 6.39. The van der Waals surface area contributed by atoms with E-state index in [0.29, 0.717) is 4.90 Å². The molecule has 0 aromatic heterocycles. The van der Waals surface area contributed by atoms with Crippen LogP contribution in [0.25, 0.3) is 0 Å². The van der Waals surface area contributed by atoms with Gasteiger partial charge < -0.3 is 10.1 Å². The van der Waals surface area contributed by atoms with Gasteiger partial charge in [0, 0.05) is 11.0 Å². The number of nitro benzene ring substituents is 1. The summed E-state index contributed by atoms with van der Waals surface area (Å²) in [7, 11) is 1.19. The molecule has 0 atom stereocenters. The number of esters is 1. The van der Waals surface area contributed by atoms with E-state index in [2.05, 4.69) is 10.1 Å². The predicted molar refractivity (Wildman–Crippen MR) is 69.2 cm³/mol. The third-order valence-electron chi connectivity index (χ3n) is 2.27. The Hall–Kier alpha value is -2.09. The first kappa shape index (κ1) is 15.0. The minimum atomic E-state index is -0.687. The monoisotopic (exact) mass is 284 g/mol. The molecule has 0 aliphatic carbocycles. The Morgan fingerprint density at radius 1 is 1.47 bits per heavy atom. The molecular weight excluding hydrogens is 272 g/mol. The molecule has 1 aromatic carbocycles. The van der Waals surface area contributed by atoms with Gasteiger partial charge in [-0.25, -0.2) is 0 Å². The third kappa shape index (κ3) is 3.95. The van der Waals surface area contributed by atoms with Crippen molar-refractivity contribution < 1.29 is 19.2 Å². The average Bonchev–Trinajstić information content (AvgIpc) is 2.43. The van der Waals surface area contributed by atoms with Gasteiger partial charge in [0.2, 0.25) is 0 Å². The van der Waals surface area contributed by atoms with Crippen molar-refractivity contribution in [3.05, 3.63) is 33.9 Å². The zero-order valence-corrected chi connectivity index (χ0v) is 11.2. The topological polar surface area (TPSA) is 98.5 Å². The highest BCUT2D eigenvalue weighted by Crippen LogP contribution is 2.24. The van der Waals surface area contributed by atoms with Crippen molar-refractivity contribution in [3.8, 4) is 0 Å². The summed E-state index contributed by atoms with van der Waals surface area (Å²) in [6.45, 7) is -0.337. The molecule has 0 bridgehead atoms. The van der Waals surface area contributed by atoms with Crippen LogP contribution in [0.15, 0.2) is 23.1 Å². The second-order valence-corrected chi connectivity index (χ2v) is 4.28. The lowest BCUT2D eigenvalue weighted by Gasteiger charge is -2.06. The summed E-state index contributed by atoms with van der Waals surface area (Å²) in [5.41, 5.74) is -0.388. The Morgan fingerprint density at radius 2 is 2.16 bits per heavy atom. The Balaban J connectivity index is 2.99. The average molecular weight is 284 g/mol. The number of benzene rings is 1. The van der Waals surface area contributed by atoms with Crippen LogP contribution in [0.5, 0.6) is 0 Å². The van der Waals surface area contributed by atoms with Gasteiger partial charge >= 0.3 is 5.97 Å². The molecule has 0 heterocycles. The Bertz CT molecular complexity index is 518. The normalized spacial score (nSPS) is 9.79. The van der Waals surface area contributed by atoms with E-state index in [1.54, 1.807) is 12.3 Å². The van der Waals surface area contributed by atoms with Crippen LogP contribution < -0.4 is 5.32 Å². The van der Waals surface area contributed by atoms with E-state index in [1.807, 2.05) is 0 Å². The van der Waals surface area contributed by atoms with Gasteiger partial charge in [-0.3, -0.25) is 19.7 Å². The molecule has 0 aliphatic rings. The smallest absolute Gasteiger partial charge is 0.325 e. The third-order valence-corrected chi connectivity index (χ3v) is 2.99. The minimum absolute atomic E-state index is 0.0826. The van der Waals surface area contributed by atoms with E-state index in [1.165, 1.54) is 31.0 Å². The van der Waals surface area contributed by atoms with Crippen molar-refractivity contribution in [2.24, 2.45) is 0 Å². The standard InChI is InChI=1S/C11H12N2O5S/c1-18-10(14)6-12-11(15)8-5-7(19-2)3-4-9(8)13(16)17/h3-5H,6H2,1-2H3,(H,12,15). The fourth-order valence-corrected chi connectivity index (χ4v) is 1.74. The fourth-order valence-electron chi connectivity index (χ4n) is 1.30. The lowest BCUT2D eigenvalue weighted by molar-refractivity contribution is -0.385. The number of hydrogen-bond donors (Lipinski definition) is 1. The van der Waals surface area contributed by atoms with Crippen LogP contribution in [0.1, 0.15) is 10.4 Å². The zero-order valence-electron chi connectivity index (χ0n) is 10.3. The number of hydrogen-bond acceptors (Lipinski definition) is 6. The minimum Gasteiger partial charge on any atom is -0.468 e. The highest BCUT2D eigenvalue weighted by Gasteiger charge is 2.21. The Morgan fingerprint density at radius 3 is 2.68 bits per heavy atom. The van der Waals surface area contributed by atoms with Gasteiger partial charge in [-0.1, -0.05) is 0 Å². The highest BCUT2D eigenvalue weighted by atomic mass is 32.2. The van der Waals surface area contributed by atoms with E-state index in [4.69, 9.17) is 0 Å². The van der Waals surface area contributed by atoms with Crippen LogP contribution in [0.2, 0.25) is 0 Å². The van der Waals surface area contributed by atoms with Crippen LogP contribution >= 0.6 is 11.8 Å². The molecule has 0 saturated heterocycles. The van der Waals surface area contributed by atoms with Crippen LogP contribution in [0.3, 0.4) is 0 Å². The molecule has 0 fully saturated rings. The van der Waals surface area contributed by atoms with Gasteiger partial charge in [0.05, 0.1) is 12.0 Å². The fraction of sp³-hybridized carbons (Fsp3) is 0.273. The number of thioether (sulfide) groups is 1. The quantitative estimate of drug-likeness (QED) is 0.378. The number of ether oxygens (including phenoxy) is 1. The van der Waals surface area contributed by atoms with Crippen molar-refractivity contribution in [2.75, 3.05) is 19.9 Å². The molecule has 8 heteroatoms. The van der Waals surface area contributed by atoms with Gasteiger partial charge in [0.25, 0.3) is 11.6 Å². The summed E-state index contributed by atoms with van der Waals surface area (Å²) < 4.78 is 4.37. The second kappa shape index (κ2) is 6.74. The predicted octanol–water partition coefficient (Wildman–Crippen LogP) is 1.22. The number of nitrogens with one attached hydrogen (secondary N) is 1. The first-order valence-electron chi connectivity index (χ1n) is 5.17. The van der Waals surface area contributed by atoms with Gasteiger partial charge in [-0.15, -0.1) is 11.8 Å². The van der Waals surface area contributed by atoms with E-state index in [9.17, 15) is 19.7 Å². The molecule has 0 aliphatic heterocycles. The Kier molecular flexibility index (Phi) is 5.31. The second-order valence-electron chi connectivity index (χ2n) is 3.40. The number of rotatable bonds is 5.